The van der Waals surface area contributed by atoms with E-state index in [4.69, 9.17) is 14.2 Å². The van der Waals surface area contributed by atoms with Crippen LogP contribution in [0.5, 0.6) is 17.2 Å². The molecule has 158 valence electrons. The molecule has 9 nitrogen and oxygen atoms in total. The van der Waals surface area contributed by atoms with Crippen LogP contribution in [-0.4, -0.2) is 39.8 Å². The summed E-state index contributed by atoms with van der Waals surface area (Å²) in [5, 5.41) is 17.4. The van der Waals surface area contributed by atoms with Crippen molar-refractivity contribution in [3.63, 3.8) is 0 Å². The minimum absolute atomic E-state index is 0.00478. The topological polar surface area (TPSA) is 122 Å². The van der Waals surface area contributed by atoms with E-state index in [1.165, 1.54) is 21.3 Å². The lowest BCUT2D eigenvalue weighted by molar-refractivity contribution is -0.121. The normalized spacial score (nSPS) is 10.9. The monoisotopic (exact) mass is 412 g/mol. The summed E-state index contributed by atoms with van der Waals surface area (Å²) in [7, 11) is 4.41. The lowest BCUT2D eigenvalue weighted by Crippen LogP contribution is -2.34. The van der Waals surface area contributed by atoms with Crippen LogP contribution >= 0.6 is 0 Å². The zero-order valence-corrected chi connectivity index (χ0v) is 17.0. The molecule has 3 N–H and O–H groups in total. The Bertz CT molecular complexity index is 886. The number of nitrogens with one attached hydrogen (secondary N) is 3. The van der Waals surface area contributed by atoms with Gasteiger partial charge in [-0.2, -0.15) is 5.26 Å². The Morgan fingerprint density at radius 3 is 2.20 bits per heavy atom. The molecule has 0 aromatic heterocycles. The Morgan fingerprint density at radius 1 is 1.03 bits per heavy atom. The number of nitrogens with zero attached hydrogens (tertiary/aromatic N) is 1. The first-order valence-electron chi connectivity index (χ1n) is 9.11. The molecule has 0 aliphatic carbocycles. The van der Waals surface area contributed by atoms with Gasteiger partial charge in [-0.05, 0) is 29.8 Å². The van der Waals surface area contributed by atoms with Gasteiger partial charge in [0.05, 0.1) is 27.4 Å². The van der Waals surface area contributed by atoms with Gasteiger partial charge < -0.3 is 30.2 Å². The summed E-state index contributed by atoms with van der Waals surface area (Å²) in [6.07, 6.45) is 0.00478. The zero-order valence-electron chi connectivity index (χ0n) is 17.0. The summed E-state index contributed by atoms with van der Waals surface area (Å²) in [6, 6.07) is 12.8. The van der Waals surface area contributed by atoms with Crippen LogP contribution in [0.3, 0.4) is 0 Å². The Balaban J connectivity index is 1.93. The number of nitriles is 1. The van der Waals surface area contributed by atoms with Gasteiger partial charge in [0.1, 0.15) is 6.04 Å². The van der Waals surface area contributed by atoms with Crippen molar-refractivity contribution in [2.45, 2.75) is 12.5 Å². The van der Waals surface area contributed by atoms with Crippen molar-refractivity contribution in [3.8, 4) is 23.3 Å². The van der Waals surface area contributed by atoms with Crippen molar-refractivity contribution in [3.05, 3.63) is 48.0 Å². The summed E-state index contributed by atoms with van der Waals surface area (Å²) in [5.74, 6) is 0.747. The van der Waals surface area contributed by atoms with E-state index in [0.717, 1.165) is 0 Å². The van der Waals surface area contributed by atoms with Gasteiger partial charge in [0.2, 0.25) is 11.7 Å². The molecule has 2 rings (SSSR count). The van der Waals surface area contributed by atoms with Crippen LogP contribution < -0.4 is 30.2 Å². The first kappa shape index (κ1) is 22.4. The second-order valence-electron chi connectivity index (χ2n) is 6.09. The molecular weight excluding hydrogens is 388 g/mol. The molecule has 2 aromatic carbocycles. The average Bonchev–Trinajstić information content (AvgIpc) is 2.77. The van der Waals surface area contributed by atoms with Crippen LogP contribution in [0.2, 0.25) is 0 Å². The van der Waals surface area contributed by atoms with E-state index in [1.807, 2.05) is 12.1 Å². The first-order chi connectivity index (χ1) is 14.5. The maximum Gasteiger partial charge on any atom is 0.319 e. The molecule has 9 heteroatoms. The van der Waals surface area contributed by atoms with Gasteiger partial charge in [-0.1, -0.05) is 18.2 Å². The second-order valence-corrected chi connectivity index (χ2v) is 6.09. The molecule has 0 radical (unpaired) electrons. The number of methoxy groups -OCH3 is 3. The van der Waals surface area contributed by atoms with E-state index in [1.54, 1.807) is 36.4 Å². The van der Waals surface area contributed by atoms with Crippen molar-refractivity contribution in [2.24, 2.45) is 0 Å². The summed E-state index contributed by atoms with van der Waals surface area (Å²) >= 11 is 0. The highest BCUT2D eigenvalue weighted by Crippen LogP contribution is 2.39. The van der Waals surface area contributed by atoms with Gasteiger partial charge in [0.25, 0.3) is 0 Å². The smallest absolute Gasteiger partial charge is 0.319 e. The third-order valence-corrected chi connectivity index (χ3v) is 4.12. The van der Waals surface area contributed by atoms with Gasteiger partial charge >= 0.3 is 6.03 Å². The number of carbonyl (C=O) groups excluding carboxylic acids is 2. The average molecular weight is 412 g/mol. The van der Waals surface area contributed by atoms with Crippen molar-refractivity contribution < 1.29 is 23.8 Å². The van der Waals surface area contributed by atoms with Crippen molar-refractivity contribution in [1.82, 2.24) is 10.6 Å². The predicted molar refractivity (Wildman–Crippen MR) is 111 cm³/mol. The van der Waals surface area contributed by atoms with E-state index in [2.05, 4.69) is 16.0 Å². The summed E-state index contributed by atoms with van der Waals surface area (Å²) in [4.78, 5) is 24.1. The summed E-state index contributed by atoms with van der Waals surface area (Å²) < 4.78 is 15.8. The Hall–Kier alpha value is -3.93. The lowest BCUT2D eigenvalue weighted by Gasteiger charge is -2.17. The fraction of sp³-hybridized carbons (Fsp3) is 0.286. The summed E-state index contributed by atoms with van der Waals surface area (Å²) in [6.45, 7) is 0.109. The number of urea groups is 1. The van der Waals surface area contributed by atoms with E-state index < -0.39 is 18.0 Å². The number of benzene rings is 2. The number of anilines is 1. The molecule has 0 saturated carbocycles. The first-order valence-corrected chi connectivity index (χ1v) is 9.11. The van der Waals surface area contributed by atoms with E-state index in [9.17, 15) is 14.9 Å². The molecule has 0 spiro atoms. The highest BCUT2D eigenvalue weighted by molar-refractivity contribution is 5.89. The number of carbonyl (C=O) groups is 2. The molecule has 0 saturated heterocycles. The molecule has 0 aliphatic heterocycles. The molecule has 1 unspecified atom stereocenters. The maximum atomic E-state index is 12.2. The molecule has 1 atom stereocenters. The second kappa shape index (κ2) is 11.2. The molecule has 30 heavy (non-hydrogen) atoms. The summed E-state index contributed by atoms with van der Waals surface area (Å²) in [5.41, 5.74) is 1.13. The third kappa shape index (κ3) is 6.04. The van der Waals surface area contributed by atoms with Crippen molar-refractivity contribution >= 4 is 17.6 Å². The minimum Gasteiger partial charge on any atom is -0.493 e. The van der Waals surface area contributed by atoms with Crippen LogP contribution in [0.4, 0.5) is 10.5 Å². The quantitative estimate of drug-likeness (QED) is 0.582. The highest BCUT2D eigenvalue weighted by atomic mass is 16.5. The van der Waals surface area contributed by atoms with E-state index in [0.29, 0.717) is 28.5 Å². The number of amides is 3. The van der Waals surface area contributed by atoms with Gasteiger partial charge in [-0.3, -0.25) is 4.79 Å². The van der Waals surface area contributed by atoms with Gasteiger partial charge in [-0.25, -0.2) is 4.79 Å². The van der Waals surface area contributed by atoms with Crippen LogP contribution in [0.1, 0.15) is 18.0 Å². The fourth-order valence-corrected chi connectivity index (χ4v) is 2.68. The fourth-order valence-electron chi connectivity index (χ4n) is 2.68. The number of hydrogen-bond donors (Lipinski definition) is 3. The molecular formula is C21H24N4O5. The van der Waals surface area contributed by atoms with Gasteiger partial charge in [0, 0.05) is 18.7 Å². The predicted octanol–water partition coefficient (Wildman–Crippen LogP) is 2.61. The third-order valence-electron chi connectivity index (χ3n) is 4.12. The van der Waals surface area contributed by atoms with E-state index >= 15 is 0 Å². The Labute approximate surface area is 174 Å². The Kier molecular flexibility index (Phi) is 8.32. The highest BCUT2D eigenvalue weighted by Gasteiger charge is 2.20. The molecule has 0 aliphatic rings. The standard InChI is InChI=1S/C21H24N4O5/c1-28-17-11-14(12-18(29-2)20(17)30-3)16(13-22)25-19(26)9-10-23-21(27)24-15-7-5-4-6-8-15/h4-8,11-12,16H,9-10H2,1-3H3,(H,25,26)(H2,23,24,27). The van der Waals surface area contributed by atoms with E-state index in [-0.39, 0.29) is 13.0 Å². The number of para-hydroxylation sites is 1. The van der Waals surface area contributed by atoms with Crippen LogP contribution in [0.25, 0.3) is 0 Å². The SMILES string of the molecule is COc1cc(C(C#N)NC(=O)CCNC(=O)Nc2ccccc2)cc(OC)c1OC. The molecule has 0 bridgehead atoms. The van der Waals surface area contributed by atoms with Crippen molar-refractivity contribution in [2.75, 3.05) is 33.2 Å². The minimum atomic E-state index is -0.927. The van der Waals surface area contributed by atoms with Gasteiger partial charge in [-0.15, -0.1) is 0 Å². The molecule has 0 fully saturated rings. The van der Waals surface area contributed by atoms with Crippen LogP contribution in [-0.2, 0) is 4.79 Å². The Morgan fingerprint density at radius 2 is 1.67 bits per heavy atom. The number of hydrogen-bond acceptors (Lipinski definition) is 6. The molecule has 3 amide bonds. The number of rotatable bonds is 9. The zero-order chi connectivity index (χ0) is 21.9. The molecule has 0 heterocycles. The maximum absolute atomic E-state index is 12.2. The van der Waals surface area contributed by atoms with Gasteiger partial charge in [0.15, 0.2) is 11.5 Å². The number of ether oxygens (including phenoxy) is 3. The van der Waals surface area contributed by atoms with Crippen LogP contribution in [0, 0.1) is 11.3 Å². The molecule has 2 aromatic rings. The largest absolute Gasteiger partial charge is 0.493 e. The lowest BCUT2D eigenvalue weighted by atomic mass is 10.1. The van der Waals surface area contributed by atoms with Crippen molar-refractivity contribution in [1.29, 1.82) is 5.26 Å². The van der Waals surface area contributed by atoms with Crippen LogP contribution in [0.15, 0.2) is 42.5 Å².